The van der Waals surface area contributed by atoms with Gasteiger partial charge in [-0.3, -0.25) is 0 Å². The zero-order valence-corrected chi connectivity index (χ0v) is 13.0. The minimum absolute atomic E-state index is 0.0276. The molecule has 0 radical (unpaired) electrons. The molecule has 0 spiro atoms. The second-order valence-electron chi connectivity index (χ2n) is 5.92. The summed E-state index contributed by atoms with van der Waals surface area (Å²) in [4.78, 5) is 2.49. The van der Waals surface area contributed by atoms with E-state index in [9.17, 15) is 4.39 Å². The molecular formula is C15H19Cl2FN2. The van der Waals surface area contributed by atoms with Crippen molar-refractivity contribution in [1.29, 1.82) is 0 Å². The SMILES string of the molecule is CC(NC1CN2CCC1CC2)c1cc(F)c(Cl)cc1Cl. The van der Waals surface area contributed by atoms with Crippen molar-refractivity contribution < 1.29 is 4.39 Å². The zero-order chi connectivity index (χ0) is 14.3. The van der Waals surface area contributed by atoms with Gasteiger partial charge < -0.3 is 10.2 Å². The van der Waals surface area contributed by atoms with Gasteiger partial charge in [-0.25, -0.2) is 4.39 Å². The Labute approximate surface area is 129 Å². The second-order valence-corrected chi connectivity index (χ2v) is 6.74. The summed E-state index contributed by atoms with van der Waals surface area (Å²) < 4.78 is 13.6. The van der Waals surface area contributed by atoms with E-state index >= 15 is 0 Å². The van der Waals surface area contributed by atoms with Crippen LogP contribution in [0, 0.1) is 11.7 Å². The standard InChI is InChI=1S/C15H19Cl2FN2/c1-9(11-6-14(18)13(17)7-12(11)16)19-15-8-20-4-2-10(15)3-5-20/h6-7,9-10,15,19H,2-5,8H2,1H3. The van der Waals surface area contributed by atoms with Gasteiger partial charge in [-0.2, -0.15) is 0 Å². The number of fused-ring (bicyclic) bond motifs is 3. The summed E-state index contributed by atoms with van der Waals surface area (Å²) in [5, 5.41) is 4.22. The highest BCUT2D eigenvalue weighted by Crippen LogP contribution is 2.32. The summed E-state index contributed by atoms with van der Waals surface area (Å²) >= 11 is 11.9. The fourth-order valence-corrected chi connectivity index (χ4v) is 3.98. The molecule has 2 bridgehead atoms. The van der Waals surface area contributed by atoms with Crippen LogP contribution >= 0.6 is 23.2 Å². The van der Waals surface area contributed by atoms with Crippen molar-refractivity contribution in [1.82, 2.24) is 10.2 Å². The summed E-state index contributed by atoms with van der Waals surface area (Å²) in [6, 6.07) is 3.44. The number of hydrogen-bond acceptors (Lipinski definition) is 2. The predicted molar refractivity (Wildman–Crippen MR) is 80.9 cm³/mol. The third-order valence-electron chi connectivity index (χ3n) is 4.63. The molecule has 3 aliphatic rings. The number of nitrogens with zero attached hydrogens (tertiary/aromatic N) is 1. The maximum Gasteiger partial charge on any atom is 0.142 e. The Hall–Kier alpha value is -0.350. The van der Waals surface area contributed by atoms with E-state index < -0.39 is 5.82 Å². The maximum atomic E-state index is 13.6. The largest absolute Gasteiger partial charge is 0.306 e. The molecular weight excluding hydrogens is 298 g/mol. The van der Waals surface area contributed by atoms with Crippen LogP contribution in [0.2, 0.25) is 10.0 Å². The molecule has 0 aromatic heterocycles. The smallest absolute Gasteiger partial charge is 0.142 e. The van der Waals surface area contributed by atoms with E-state index in [-0.39, 0.29) is 11.1 Å². The van der Waals surface area contributed by atoms with Gasteiger partial charge in [0.25, 0.3) is 0 Å². The number of piperidine rings is 3. The predicted octanol–water partition coefficient (Wildman–Crippen LogP) is 3.88. The summed E-state index contributed by atoms with van der Waals surface area (Å²) in [5.41, 5.74) is 0.782. The van der Waals surface area contributed by atoms with E-state index in [1.807, 2.05) is 6.92 Å². The van der Waals surface area contributed by atoms with Gasteiger partial charge in [0, 0.05) is 23.7 Å². The Morgan fingerprint density at radius 3 is 2.55 bits per heavy atom. The molecule has 3 saturated heterocycles. The van der Waals surface area contributed by atoms with Crippen LogP contribution in [0.1, 0.15) is 31.4 Å². The minimum atomic E-state index is -0.409. The second kappa shape index (κ2) is 5.80. The lowest BCUT2D eigenvalue weighted by atomic mass is 9.83. The van der Waals surface area contributed by atoms with Crippen molar-refractivity contribution >= 4 is 23.2 Å². The van der Waals surface area contributed by atoms with Crippen LogP contribution in [-0.2, 0) is 0 Å². The lowest BCUT2D eigenvalue weighted by Gasteiger charge is -2.46. The Bertz CT molecular complexity index is 501. The van der Waals surface area contributed by atoms with Gasteiger partial charge in [-0.15, -0.1) is 0 Å². The van der Waals surface area contributed by atoms with E-state index in [0.717, 1.165) is 18.0 Å². The third kappa shape index (κ3) is 2.82. The summed E-state index contributed by atoms with van der Waals surface area (Å²) in [6.07, 6.45) is 2.51. The van der Waals surface area contributed by atoms with Gasteiger partial charge in [-0.05, 0) is 56.5 Å². The fraction of sp³-hybridized carbons (Fsp3) is 0.600. The van der Waals surface area contributed by atoms with Crippen molar-refractivity contribution in [3.63, 3.8) is 0 Å². The van der Waals surface area contributed by atoms with Crippen LogP contribution in [-0.4, -0.2) is 30.6 Å². The summed E-state index contributed by atoms with van der Waals surface area (Å²) in [5.74, 6) is 0.326. The molecule has 0 saturated carbocycles. The molecule has 4 rings (SSSR count). The van der Waals surface area contributed by atoms with E-state index in [2.05, 4.69) is 10.2 Å². The molecule has 0 aliphatic carbocycles. The van der Waals surface area contributed by atoms with Crippen LogP contribution in [0.4, 0.5) is 4.39 Å². The van der Waals surface area contributed by atoms with Crippen molar-refractivity contribution in [3.05, 3.63) is 33.6 Å². The molecule has 1 aromatic rings. The molecule has 1 N–H and O–H groups in total. The first-order valence-electron chi connectivity index (χ1n) is 7.17. The van der Waals surface area contributed by atoms with E-state index in [4.69, 9.17) is 23.2 Å². The van der Waals surface area contributed by atoms with E-state index in [1.54, 1.807) is 0 Å². The highest BCUT2D eigenvalue weighted by Gasteiger charge is 2.34. The van der Waals surface area contributed by atoms with Crippen LogP contribution in [0.3, 0.4) is 0 Å². The molecule has 3 aliphatic heterocycles. The van der Waals surface area contributed by atoms with Crippen LogP contribution in [0.15, 0.2) is 12.1 Å². The zero-order valence-electron chi connectivity index (χ0n) is 11.5. The molecule has 0 amide bonds. The molecule has 2 atom stereocenters. The number of rotatable bonds is 3. The number of nitrogens with one attached hydrogen (secondary N) is 1. The van der Waals surface area contributed by atoms with Crippen LogP contribution < -0.4 is 5.32 Å². The first kappa shape index (κ1) is 14.6. The molecule has 2 nitrogen and oxygen atoms in total. The Morgan fingerprint density at radius 2 is 1.95 bits per heavy atom. The number of hydrogen-bond donors (Lipinski definition) is 1. The average molecular weight is 317 g/mol. The van der Waals surface area contributed by atoms with Gasteiger partial charge in [0.2, 0.25) is 0 Å². The van der Waals surface area contributed by atoms with Gasteiger partial charge in [0.1, 0.15) is 5.82 Å². The lowest BCUT2D eigenvalue weighted by Crippen LogP contribution is -2.56. The monoisotopic (exact) mass is 316 g/mol. The topological polar surface area (TPSA) is 15.3 Å². The Morgan fingerprint density at radius 1 is 1.25 bits per heavy atom. The first-order valence-corrected chi connectivity index (χ1v) is 7.93. The van der Waals surface area contributed by atoms with Crippen molar-refractivity contribution in [3.8, 4) is 0 Å². The number of benzene rings is 1. The van der Waals surface area contributed by atoms with Crippen molar-refractivity contribution in [2.24, 2.45) is 5.92 Å². The van der Waals surface area contributed by atoms with Crippen molar-refractivity contribution in [2.45, 2.75) is 31.8 Å². The Kier molecular flexibility index (Phi) is 4.23. The first-order chi connectivity index (χ1) is 9.54. The lowest BCUT2D eigenvalue weighted by molar-refractivity contribution is 0.0680. The molecule has 20 heavy (non-hydrogen) atoms. The van der Waals surface area contributed by atoms with Gasteiger partial charge in [0.05, 0.1) is 5.02 Å². The highest BCUT2D eigenvalue weighted by molar-refractivity contribution is 6.35. The van der Waals surface area contributed by atoms with Gasteiger partial charge in [-0.1, -0.05) is 23.2 Å². The molecule has 5 heteroatoms. The molecule has 110 valence electrons. The quantitative estimate of drug-likeness (QED) is 0.851. The number of halogens is 3. The molecule has 1 aromatic carbocycles. The van der Waals surface area contributed by atoms with E-state index in [1.165, 1.54) is 38.1 Å². The normalized spacial score (nSPS) is 30.5. The maximum absolute atomic E-state index is 13.6. The average Bonchev–Trinajstić information content (AvgIpc) is 2.44. The van der Waals surface area contributed by atoms with Crippen LogP contribution in [0.25, 0.3) is 0 Å². The third-order valence-corrected chi connectivity index (χ3v) is 5.24. The fourth-order valence-electron chi connectivity index (χ4n) is 3.43. The Balaban J connectivity index is 1.73. The molecule has 2 unspecified atom stereocenters. The summed E-state index contributed by atoms with van der Waals surface area (Å²) in [6.45, 7) is 5.55. The minimum Gasteiger partial charge on any atom is -0.306 e. The molecule has 3 fully saturated rings. The molecule has 3 heterocycles. The summed E-state index contributed by atoms with van der Waals surface area (Å²) in [7, 11) is 0. The van der Waals surface area contributed by atoms with Gasteiger partial charge in [0.15, 0.2) is 0 Å². The highest BCUT2D eigenvalue weighted by atomic mass is 35.5. The van der Waals surface area contributed by atoms with E-state index in [0.29, 0.717) is 11.1 Å². The van der Waals surface area contributed by atoms with Gasteiger partial charge >= 0.3 is 0 Å². The van der Waals surface area contributed by atoms with Crippen LogP contribution in [0.5, 0.6) is 0 Å². The van der Waals surface area contributed by atoms with Crippen molar-refractivity contribution in [2.75, 3.05) is 19.6 Å².